The maximum atomic E-state index is 12.2. The number of nitrogens with zero attached hydrogens (tertiary/aromatic N) is 1. The van der Waals surface area contributed by atoms with Crippen LogP contribution in [0.15, 0.2) is 54.7 Å². The number of hydrogen-bond acceptors (Lipinski definition) is 2. The summed E-state index contributed by atoms with van der Waals surface area (Å²) in [5.74, 6) is 0.0864. The van der Waals surface area contributed by atoms with Crippen molar-refractivity contribution in [3.05, 3.63) is 60.3 Å². The van der Waals surface area contributed by atoms with Gasteiger partial charge in [0.15, 0.2) is 5.96 Å². The van der Waals surface area contributed by atoms with Crippen molar-refractivity contribution in [2.24, 2.45) is 0 Å². The highest BCUT2D eigenvalue weighted by molar-refractivity contribution is 5.99. The van der Waals surface area contributed by atoms with Crippen LogP contribution < -0.4 is 5.32 Å². The SMILES string of the molecule is CN1C(=N)N[C@](C)(c2cccc(-c3ccc4[nH]ccc4c3)c2)CC1=O. The van der Waals surface area contributed by atoms with Crippen molar-refractivity contribution in [3.8, 4) is 11.1 Å². The van der Waals surface area contributed by atoms with Crippen LogP contribution in [-0.4, -0.2) is 28.8 Å². The monoisotopic (exact) mass is 332 g/mol. The van der Waals surface area contributed by atoms with Gasteiger partial charge in [0.25, 0.3) is 0 Å². The zero-order chi connectivity index (χ0) is 17.6. The van der Waals surface area contributed by atoms with Gasteiger partial charge in [-0.2, -0.15) is 0 Å². The average Bonchev–Trinajstić information content (AvgIpc) is 3.07. The van der Waals surface area contributed by atoms with Crippen LogP contribution in [0.5, 0.6) is 0 Å². The van der Waals surface area contributed by atoms with E-state index in [1.165, 1.54) is 10.3 Å². The first-order chi connectivity index (χ1) is 12.0. The topological polar surface area (TPSA) is 72.0 Å². The minimum absolute atomic E-state index is 0.0506. The first-order valence-corrected chi connectivity index (χ1v) is 8.28. The largest absolute Gasteiger partial charge is 0.361 e. The lowest BCUT2D eigenvalue weighted by Crippen LogP contribution is -2.58. The van der Waals surface area contributed by atoms with Crippen LogP contribution in [0.1, 0.15) is 18.9 Å². The Kier molecular flexibility index (Phi) is 3.39. The summed E-state index contributed by atoms with van der Waals surface area (Å²) in [4.78, 5) is 16.8. The maximum Gasteiger partial charge on any atom is 0.231 e. The first kappa shape index (κ1) is 15.4. The van der Waals surface area contributed by atoms with E-state index in [9.17, 15) is 4.79 Å². The van der Waals surface area contributed by atoms with E-state index >= 15 is 0 Å². The maximum absolute atomic E-state index is 12.2. The number of guanidine groups is 1. The zero-order valence-corrected chi connectivity index (χ0v) is 14.3. The Bertz CT molecular complexity index is 970. The molecule has 1 saturated heterocycles. The number of nitrogens with one attached hydrogen (secondary N) is 3. The zero-order valence-electron chi connectivity index (χ0n) is 14.3. The van der Waals surface area contributed by atoms with E-state index in [4.69, 9.17) is 5.41 Å². The second-order valence-electron chi connectivity index (χ2n) is 6.80. The van der Waals surface area contributed by atoms with Gasteiger partial charge in [-0.1, -0.05) is 24.3 Å². The predicted octanol–water partition coefficient (Wildman–Crippen LogP) is 3.44. The highest BCUT2D eigenvalue weighted by atomic mass is 16.2. The van der Waals surface area contributed by atoms with Gasteiger partial charge in [0.1, 0.15) is 0 Å². The molecular formula is C20H20N4O. The Labute approximate surface area is 146 Å². The average molecular weight is 332 g/mol. The molecule has 0 bridgehead atoms. The third-order valence-electron chi connectivity index (χ3n) is 4.99. The Balaban J connectivity index is 1.74. The third kappa shape index (κ3) is 2.58. The second-order valence-corrected chi connectivity index (χ2v) is 6.80. The normalized spacial score (nSPS) is 20.8. The summed E-state index contributed by atoms with van der Waals surface area (Å²) in [6.07, 6.45) is 2.26. The molecule has 25 heavy (non-hydrogen) atoms. The van der Waals surface area contributed by atoms with Crippen molar-refractivity contribution >= 4 is 22.8 Å². The van der Waals surface area contributed by atoms with Gasteiger partial charge in [-0.25, -0.2) is 0 Å². The summed E-state index contributed by atoms with van der Waals surface area (Å²) in [6, 6.07) is 16.6. The number of aromatic amines is 1. The van der Waals surface area contributed by atoms with Gasteiger partial charge in [-0.3, -0.25) is 15.1 Å². The van der Waals surface area contributed by atoms with Crippen molar-refractivity contribution in [2.45, 2.75) is 18.9 Å². The minimum Gasteiger partial charge on any atom is -0.361 e. The molecule has 0 aliphatic carbocycles. The summed E-state index contributed by atoms with van der Waals surface area (Å²) in [5, 5.41) is 12.4. The molecular weight excluding hydrogens is 312 g/mol. The lowest BCUT2D eigenvalue weighted by atomic mass is 9.85. The van der Waals surface area contributed by atoms with E-state index in [1.54, 1.807) is 7.05 Å². The first-order valence-electron chi connectivity index (χ1n) is 8.28. The van der Waals surface area contributed by atoms with Crippen molar-refractivity contribution in [2.75, 3.05) is 7.05 Å². The van der Waals surface area contributed by atoms with E-state index < -0.39 is 5.54 Å². The Morgan fingerprint density at radius 3 is 2.72 bits per heavy atom. The molecule has 4 rings (SSSR count). The summed E-state index contributed by atoms with van der Waals surface area (Å²) >= 11 is 0. The summed E-state index contributed by atoms with van der Waals surface area (Å²) in [6.45, 7) is 1.97. The number of benzene rings is 2. The van der Waals surface area contributed by atoms with Crippen molar-refractivity contribution in [1.82, 2.24) is 15.2 Å². The summed E-state index contributed by atoms with van der Waals surface area (Å²) in [7, 11) is 1.62. The second kappa shape index (κ2) is 5.48. The van der Waals surface area contributed by atoms with Crippen molar-refractivity contribution in [3.63, 3.8) is 0 Å². The molecule has 2 heterocycles. The Morgan fingerprint density at radius 2 is 1.92 bits per heavy atom. The van der Waals surface area contributed by atoms with Gasteiger partial charge in [-0.15, -0.1) is 0 Å². The van der Waals surface area contributed by atoms with Crippen LogP contribution in [0, 0.1) is 5.41 Å². The van der Waals surface area contributed by atoms with Crippen LogP contribution in [0.25, 0.3) is 22.0 Å². The third-order valence-corrected chi connectivity index (χ3v) is 4.99. The van der Waals surface area contributed by atoms with Crippen molar-refractivity contribution in [1.29, 1.82) is 5.41 Å². The number of fused-ring (bicyclic) bond motifs is 1. The molecule has 0 spiro atoms. The minimum atomic E-state index is -0.575. The van der Waals surface area contributed by atoms with Gasteiger partial charge in [0, 0.05) is 18.8 Å². The van der Waals surface area contributed by atoms with Crippen molar-refractivity contribution < 1.29 is 4.79 Å². The number of hydrogen-bond donors (Lipinski definition) is 3. The molecule has 126 valence electrons. The van der Waals surface area contributed by atoms with Crippen LogP contribution in [0.3, 0.4) is 0 Å². The molecule has 1 aromatic heterocycles. The van der Waals surface area contributed by atoms with E-state index in [0.29, 0.717) is 6.42 Å². The fourth-order valence-electron chi connectivity index (χ4n) is 3.38. The van der Waals surface area contributed by atoms with E-state index in [0.717, 1.165) is 22.2 Å². The number of aromatic nitrogens is 1. The van der Waals surface area contributed by atoms with E-state index in [1.807, 2.05) is 25.3 Å². The van der Waals surface area contributed by atoms with Crippen LogP contribution in [0.2, 0.25) is 0 Å². The van der Waals surface area contributed by atoms with Gasteiger partial charge < -0.3 is 10.3 Å². The van der Waals surface area contributed by atoms with E-state index in [2.05, 4.69) is 46.7 Å². The molecule has 0 saturated carbocycles. The quantitative estimate of drug-likeness (QED) is 0.673. The van der Waals surface area contributed by atoms with Crippen LogP contribution >= 0.6 is 0 Å². The molecule has 2 aromatic carbocycles. The smallest absolute Gasteiger partial charge is 0.231 e. The molecule has 3 aromatic rings. The molecule has 1 aliphatic heterocycles. The molecule has 1 aliphatic rings. The highest BCUT2D eigenvalue weighted by Crippen LogP contribution is 2.32. The number of carbonyl (C=O) groups is 1. The molecule has 0 radical (unpaired) electrons. The fraction of sp³-hybridized carbons (Fsp3) is 0.200. The number of carbonyl (C=O) groups excluding carboxylic acids is 1. The Hall–Kier alpha value is -3.08. The number of H-pyrrole nitrogens is 1. The highest BCUT2D eigenvalue weighted by Gasteiger charge is 2.37. The van der Waals surface area contributed by atoms with Gasteiger partial charge in [0.05, 0.1) is 12.0 Å². The van der Waals surface area contributed by atoms with E-state index in [-0.39, 0.29) is 11.9 Å². The molecule has 1 atom stereocenters. The Morgan fingerprint density at radius 1 is 1.12 bits per heavy atom. The molecule has 1 fully saturated rings. The van der Waals surface area contributed by atoms with Gasteiger partial charge >= 0.3 is 0 Å². The molecule has 5 heteroatoms. The molecule has 5 nitrogen and oxygen atoms in total. The van der Waals surface area contributed by atoms with Gasteiger partial charge in [0.2, 0.25) is 5.91 Å². The number of rotatable bonds is 2. The molecule has 3 N–H and O–H groups in total. The lowest BCUT2D eigenvalue weighted by Gasteiger charge is -2.39. The summed E-state index contributed by atoms with van der Waals surface area (Å²) in [5.41, 5.74) is 3.77. The lowest BCUT2D eigenvalue weighted by molar-refractivity contribution is -0.129. The van der Waals surface area contributed by atoms with Crippen LogP contribution in [0.4, 0.5) is 0 Å². The predicted molar refractivity (Wildman–Crippen MR) is 99.3 cm³/mol. The molecule has 0 unspecified atom stereocenters. The molecule has 1 amide bonds. The fourth-order valence-corrected chi connectivity index (χ4v) is 3.38. The summed E-state index contributed by atoms with van der Waals surface area (Å²) < 4.78 is 0. The standard InChI is InChI=1S/C20H20N4O/c1-20(12-18(25)24(2)19(21)23-20)16-5-3-4-13(11-16)14-6-7-17-15(10-14)8-9-22-17/h3-11,22H,12H2,1-2H3,(H2,21,23)/t20-/m0/s1. The number of amides is 1. The van der Waals surface area contributed by atoms with Gasteiger partial charge in [-0.05, 0) is 53.3 Å². The van der Waals surface area contributed by atoms with Crippen LogP contribution in [-0.2, 0) is 10.3 Å².